The Balaban J connectivity index is 2.34. The summed E-state index contributed by atoms with van der Waals surface area (Å²) in [5, 5.41) is 4.97. The zero-order valence-corrected chi connectivity index (χ0v) is 11.3. The predicted molar refractivity (Wildman–Crippen MR) is 77.2 cm³/mol. The molecular weight excluding hydrogens is 296 g/mol. The Labute approximate surface area is 111 Å². The summed E-state index contributed by atoms with van der Waals surface area (Å²) < 4.78 is 1.10. The van der Waals surface area contributed by atoms with E-state index in [0.717, 1.165) is 15.7 Å². The van der Waals surface area contributed by atoms with E-state index < -0.39 is 0 Å². The zero-order valence-electron chi connectivity index (χ0n) is 8.85. The van der Waals surface area contributed by atoms with Gasteiger partial charge < -0.3 is 5.73 Å². The SMILES string of the molecule is Nc1nc(-c2ccc(Br)c3ccccc23)cs1. The number of halogens is 1. The van der Waals surface area contributed by atoms with Gasteiger partial charge in [0.05, 0.1) is 5.69 Å². The monoisotopic (exact) mass is 304 g/mol. The van der Waals surface area contributed by atoms with Crippen LogP contribution in [0.1, 0.15) is 0 Å². The minimum absolute atomic E-state index is 0.604. The number of hydrogen-bond acceptors (Lipinski definition) is 3. The summed E-state index contributed by atoms with van der Waals surface area (Å²) in [6.45, 7) is 0. The number of benzene rings is 2. The Hall–Kier alpha value is -1.39. The van der Waals surface area contributed by atoms with E-state index in [2.05, 4.69) is 39.1 Å². The van der Waals surface area contributed by atoms with E-state index in [-0.39, 0.29) is 0 Å². The fourth-order valence-corrected chi connectivity index (χ4v) is 2.94. The molecule has 1 heterocycles. The lowest BCUT2D eigenvalue weighted by Crippen LogP contribution is -1.85. The van der Waals surface area contributed by atoms with Gasteiger partial charge in [-0.1, -0.05) is 46.3 Å². The van der Waals surface area contributed by atoms with Gasteiger partial charge in [-0.2, -0.15) is 0 Å². The fraction of sp³-hybridized carbons (Fsp3) is 0. The molecule has 3 aromatic rings. The number of nitrogens with two attached hydrogens (primary N) is 1. The molecule has 0 atom stereocenters. The number of fused-ring (bicyclic) bond motifs is 1. The second-order valence-electron chi connectivity index (χ2n) is 3.71. The molecule has 84 valence electrons. The lowest BCUT2D eigenvalue weighted by Gasteiger charge is -2.05. The van der Waals surface area contributed by atoms with E-state index in [1.165, 1.54) is 22.1 Å². The second kappa shape index (κ2) is 4.13. The zero-order chi connectivity index (χ0) is 11.8. The highest BCUT2D eigenvalue weighted by Crippen LogP contribution is 2.33. The third-order valence-corrected chi connectivity index (χ3v) is 4.03. The normalized spacial score (nSPS) is 10.9. The number of anilines is 1. The van der Waals surface area contributed by atoms with Crippen molar-refractivity contribution in [2.75, 3.05) is 5.73 Å². The predicted octanol–water partition coefficient (Wildman–Crippen LogP) is 4.31. The van der Waals surface area contributed by atoms with Crippen molar-refractivity contribution in [3.05, 3.63) is 46.3 Å². The number of rotatable bonds is 1. The van der Waals surface area contributed by atoms with Crippen LogP contribution in [0.4, 0.5) is 5.13 Å². The Kier molecular flexibility index (Phi) is 2.61. The van der Waals surface area contributed by atoms with Gasteiger partial charge in [-0.05, 0) is 16.8 Å². The highest BCUT2D eigenvalue weighted by molar-refractivity contribution is 9.10. The van der Waals surface area contributed by atoms with E-state index >= 15 is 0 Å². The first kappa shape index (κ1) is 10.7. The van der Waals surface area contributed by atoms with Crippen LogP contribution in [0.3, 0.4) is 0 Å². The van der Waals surface area contributed by atoms with Crippen LogP contribution in [0.25, 0.3) is 22.0 Å². The van der Waals surface area contributed by atoms with Crippen molar-refractivity contribution in [1.29, 1.82) is 0 Å². The van der Waals surface area contributed by atoms with Crippen LogP contribution < -0.4 is 5.73 Å². The molecule has 1 aromatic heterocycles. The summed E-state index contributed by atoms with van der Waals surface area (Å²) in [6.07, 6.45) is 0. The maximum absolute atomic E-state index is 5.69. The van der Waals surface area contributed by atoms with Crippen molar-refractivity contribution in [1.82, 2.24) is 4.98 Å². The molecule has 0 spiro atoms. The molecule has 0 bridgehead atoms. The Bertz CT molecular complexity index is 691. The molecule has 0 saturated heterocycles. The van der Waals surface area contributed by atoms with Crippen molar-refractivity contribution in [3.8, 4) is 11.3 Å². The van der Waals surface area contributed by atoms with Crippen LogP contribution >= 0.6 is 27.3 Å². The quantitative estimate of drug-likeness (QED) is 0.727. The number of nitrogen functional groups attached to an aromatic ring is 1. The second-order valence-corrected chi connectivity index (χ2v) is 5.46. The number of thiazole rings is 1. The highest BCUT2D eigenvalue weighted by atomic mass is 79.9. The average molecular weight is 305 g/mol. The average Bonchev–Trinajstić information content (AvgIpc) is 2.77. The smallest absolute Gasteiger partial charge is 0.180 e. The summed E-state index contributed by atoms with van der Waals surface area (Å²) >= 11 is 5.03. The first-order chi connectivity index (χ1) is 8.25. The number of nitrogens with zero attached hydrogens (tertiary/aromatic N) is 1. The van der Waals surface area contributed by atoms with Gasteiger partial charge in [-0.25, -0.2) is 4.98 Å². The van der Waals surface area contributed by atoms with Gasteiger partial charge in [-0.15, -0.1) is 11.3 Å². The molecule has 4 heteroatoms. The third kappa shape index (κ3) is 1.83. The minimum Gasteiger partial charge on any atom is -0.375 e. The van der Waals surface area contributed by atoms with Crippen molar-refractivity contribution < 1.29 is 0 Å². The van der Waals surface area contributed by atoms with Crippen molar-refractivity contribution in [2.45, 2.75) is 0 Å². The fourth-order valence-electron chi connectivity index (χ4n) is 1.90. The van der Waals surface area contributed by atoms with Gasteiger partial charge in [0, 0.05) is 15.4 Å². The molecular formula is C13H9BrN2S. The first-order valence-corrected chi connectivity index (χ1v) is 6.81. The van der Waals surface area contributed by atoms with Crippen LogP contribution in [-0.2, 0) is 0 Å². The van der Waals surface area contributed by atoms with E-state index in [4.69, 9.17) is 5.73 Å². The molecule has 2 N–H and O–H groups in total. The number of aromatic nitrogens is 1. The molecule has 17 heavy (non-hydrogen) atoms. The standard InChI is InChI=1S/C13H9BrN2S/c14-11-6-5-10(12-7-17-13(15)16-12)8-3-1-2-4-9(8)11/h1-7H,(H2,15,16). The van der Waals surface area contributed by atoms with Crippen LogP contribution in [0.15, 0.2) is 46.3 Å². The van der Waals surface area contributed by atoms with Gasteiger partial charge in [0.1, 0.15) is 0 Å². The third-order valence-electron chi connectivity index (χ3n) is 2.67. The molecule has 0 amide bonds. The van der Waals surface area contributed by atoms with E-state index in [1.807, 2.05) is 23.6 Å². The Morgan fingerprint density at radius 3 is 2.53 bits per heavy atom. The van der Waals surface area contributed by atoms with Gasteiger partial charge >= 0.3 is 0 Å². The minimum atomic E-state index is 0.604. The molecule has 0 fully saturated rings. The molecule has 2 nitrogen and oxygen atoms in total. The van der Waals surface area contributed by atoms with Gasteiger partial charge in [0.15, 0.2) is 5.13 Å². The largest absolute Gasteiger partial charge is 0.375 e. The van der Waals surface area contributed by atoms with Crippen molar-refractivity contribution in [3.63, 3.8) is 0 Å². The highest BCUT2D eigenvalue weighted by Gasteiger charge is 2.08. The van der Waals surface area contributed by atoms with Crippen LogP contribution in [-0.4, -0.2) is 4.98 Å². The van der Waals surface area contributed by atoms with E-state index in [0.29, 0.717) is 5.13 Å². The van der Waals surface area contributed by atoms with Crippen LogP contribution in [0, 0.1) is 0 Å². The first-order valence-electron chi connectivity index (χ1n) is 5.14. The van der Waals surface area contributed by atoms with Gasteiger partial charge in [0.25, 0.3) is 0 Å². The van der Waals surface area contributed by atoms with Crippen molar-refractivity contribution in [2.24, 2.45) is 0 Å². The summed E-state index contributed by atoms with van der Waals surface area (Å²) in [7, 11) is 0. The summed E-state index contributed by atoms with van der Waals surface area (Å²) in [5.74, 6) is 0. The molecule has 0 aliphatic heterocycles. The molecule has 2 aromatic carbocycles. The maximum atomic E-state index is 5.69. The number of hydrogen-bond donors (Lipinski definition) is 1. The summed E-state index contributed by atoms with van der Waals surface area (Å²) in [6, 6.07) is 12.4. The molecule has 0 aliphatic carbocycles. The lowest BCUT2D eigenvalue weighted by molar-refractivity contribution is 1.42. The molecule has 0 saturated carbocycles. The molecule has 0 radical (unpaired) electrons. The summed E-state index contributed by atoms with van der Waals surface area (Å²) in [5.41, 5.74) is 7.75. The summed E-state index contributed by atoms with van der Waals surface area (Å²) in [4.78, 5) is 4.34. The Morgan fingerprint density at radius 2 is 1.82 bits per heavy atom. The van der Waals surface area contributed by atoms with E-state index in [1.54, 1.807) is 0 Å². The van der Waals surface area contributed by atoms with Gasteiger partial charge in [-0.3, -0.25) is 0 Å². The van der Waals surface area contributed by atoms with E-state index in [9.17, 15) is 0 Å². The Morgan fingerprint density at radius 1 is 1.06 bits per heavy atom. The van der Waals surface area contributed by atoms with Crippen molar-refractivity contribution >= 4 is 43.2 Å². The van der Waals surface area contributed by atoms with Crippen LogP contribution in [0.5, 0.6) is 0 Å². The molecule has 0 aliphatic rings. The lowest BCUT2D eigenvalue weighted by atomic mass is 10.0. The maximum Gasteiger partial charge on any atom is 0.180 e. The van der Waals surface area contributed by atoms with Crippen LogP contribution in [0.2, 0.25) is 0 Å². The molecule has 3 rings (SSSR count). The topological polar surface area (TPSA) is 38.9 Å². The van der Waals surface area contributed by atoms with Gasteiger partial charge in [0.2, 0.25) is 0 Å². The molecule has 0 unspecified atom stereocenters.